The number of sulfone groups is 1. The Morgan fingerprint density at radius 3 is 2.45 bits per heavy atom. The highest BCUT2D eigenvalue weighted by atomic mass is 32.2. The van der Waals surface area contributed by atoms with Gasteiger partial charge in [0.25, 0.3) is 0 Å². The van der Waals surface area contributed by atoms with Crippen LogP contribution in [0.15, 0.2) is 59.8 Å². The number of para-hydroxylation sites is 3. The van der Waals surface area contributed by atoms with Gasteiger partial charge in [0.15, 0.2) is 15.0 Å². The van der Waals surface area contributed by atoms with Crippen molar-refractivity contribution in [1.29, 1.82) is 0 Å². The zero-order valence-corrected chi connectivity index (χ0v) is 20.2. The third kappa shape index (κ3) is 4.82. The van der Waals surface area contributed by atoms with Crippen LogP contribution in [0, 0.1) is 0 Å². The minimum absolute atomic E-state index is 0.0267. The van der Waals surface area contributed by atoms with Crippen LogP contribution in [0.5, 0.6) is 0 Å². The first-order valence-corrected chi connectivity index (χ1v) is 14.5. The maximum atomic E-state index is 13.5. The van der Waals surface area contributed by atoms with Gasteiger partial charge in [-0.1, -0.05) is 61.4 Å². The standard InChI is InChI=1S/C25H29N3O3S2/c29-24(27(19-9-3-1-4-10-19)21-15-16-33(30,31)18-21)17-32-25-26-22-13-7-8-14-23(22)28(25)20-11-5-2-6-12-20/h1,3-4,7-10,13-14,20-21H,2,5-6,11-12,15-18H2/t21-/m1/s1. The lowest BCUT2D eigenvalue weighted by atomic mass is 9.95. The highest BCUT2D eigenvalue weighted by Crippen LogP contribution is 2.36. The van der Waals surface area contributed by atoms with Gasteiger partial charge in [-0.2, -0.15) is 0 Å². The number of benzene rings is 2. The minimum atomic E-state index is -3.10. The molecule has 0 N–H and O–H groups in total. The van der Waals surface area contributed by atoms with E-state index in [1.165, 1.54) is 31.0 Å². The number of rotatable bonds is 6. The lowest BCUT2D eigenvalue weighted by Crippen LogP contribution is -2.42. The number of imidazole rings is 1. The van der Waals surface area contributed by atoms with Crippen molar-refractivity contribution < 1.29 is 13.2 Å². The summed E-state index contributed by atoms with van der Waals surface area (Å²) in [5.41, 5.74) is 2.84. The molecular weight excluding hydrogens is 454 g/mol. The molecular formula is C25H29N3O3S2. The van der Waals surface area contributed by atoms with Gasteiger partial charge in [-0.05, 0) is 43.5 Å². The molecule has 0 spiro atoms. The fraction of sp³-hybridized carbons (Fsp3) is 0.440. The highest BCUT2D eigenvalue weighted by Gasteiger charge is 2.35. The van der Waals surface area contributed by atoms with Crippen molar-refractivity contribution in [3.8, 4) is 0 Å². The van der Waals surface area contributed by atoms with Crippen molar-refractivity contribution in [3.05, 3.63) is 54.6 Å². The van der Waals surface area contributed by atoms with Gasteiger partial charge in [-0.15, -0.1) is 0 Å². The van der Waals surface area contributed by atoms with Crippen molar-refractivity contribution in [2.24, 2.45) is 0 Å². The molecule has 0 radical (unpaired) electrons. The number of hydrogen-bond donors (Lipinski definition) is 0. The van der Waals surface area contributed by atoms with Crippen molar-refractivity contribution in [2.45, 2.75) is 55.8 Å². The summed E-state index contributed by atoms with van der Waals surface area (Å²) in [5, 5.41) is 0.878. The smallest absolute Gasteiger partial charge is 0.237 e. The zero-order chi connectivity index (χ0) is 22.8. The van der Waals surface area contributed by atoms with Gasteiger partial charge in [0, 0.05) is 11.7 Å². The second kappa shape index (κ2) is 9.50. The van der Waals surface area contributed by atoms with Gasteiger partial charge in [-0.3, -0.25) is 4.79 Å². The topological polar surface area (TPSA) is 72.3 Å². The summed E-state index contributed by atoms with van der Waals surface area (Å²) in [7, 11) is -3.10. The number of hydrogen-bond acceptors (Lipinski definition) is 5. The van der Waals surface area contributed by atoms with E-state index in [9.17, 15) is 13.2 Å². The van der Waals surface area contributed by atoms with E-state index in [2.05, 4.69) is 10.6 Å². The van der Waals surface area contributed by atoms with Crippen LogP contribution in [-0.2, 0) is 14.6 Å². The van der Waals surface area contributed by atoms with E-state index in [0.717, 1.165) is 34.7 Å². The summed E-state index contributed by atoms with van der Waals surface area (Å²) in [4.78, 5) is 20.1. The van der Waals surface area contributed by atoms with Crippen LogP contribution >= 0.6 is 11.8 Å². The Balaban J connectivity index is 1.41. The first-order chi connectivity index (χ1) is 16.0. The lowest BCUT2D eigenvalue weighted by Gasteiger charge is -2.29. The number of fused-ring (bicyclic) bond motifs is 1. The van der Waals surface area contributed by atoms with Crippen LogP contribution in [0.3, 0.4) is 0 Å². The lowest BCUT2D eigenvalue weighted by molar-refractivity contribution is -0.116. The quantitative estimate of drug-likeness (QED) is 0.469. The molecule has 5 rings (SSSR count). The maximum absolute atomic E-state index is 13.5. The van der Waals surface area contributed by atoms with Crippen molar-refractivity contribution >= 4 is 44.2 Å². The molecule has 33 heavy (non-hydrogen) atoms. The van der Waals surface area contributed by atoms with E-state index in [-0.39, 0.29) is 29.2 Å². The van der Waals surface area contributed by atoms with Crippen LogP contribution in [0.2, 0.25) is 0 Å². The molecule has 1 aliphatic carbocycles. The normalized spacial score (nSPS) is 20.8. The predicted octanol–water partition coefficient (Wildman–Crippen LogP) is 4.85. The Morgan fingerprint density at radius 1 is 1.00 bits per heavy atom. The van der Waals surface area contributed by atoms with E-state index >= 15 is 0 Å². The first-order valence-electron chi connectivity index (χ1n) is 11.7. The van der Waals surface area contributed by atoms with Crippen LogP contribution < -0.4 is 4.90 Å². The number of anilines is 1. The fourth-order valence-electron chi connectivity index (χ4n) is 5.14. The fourth-order valence-corrected chi connectivity index (χ4v) is 7.78. The van der Waals surface area contributed by atoms with E-state index in [0.29, 0.717) is 12.5 Å². The average Bonchev–Trinajstić information content (AvgIpc) is 3.38. The molecule has 2 heterocycles. The molecule has 1 amide bonds. The molecule has 8 heteroatoms. The molecule has 0 unspecified atom stereocenters. The van der Waals surface area contributed by atoms with Crippen molar-refractivity contribution in [1.82, 2.24) is 9.55 Å². The summed E-state index contributed by atoms with van der Waals surface area (Å²) in [6.45, 7) is 0. The summed E-state index contributed by atoms with van der Waals surface area (Å²) in [6.07, 6.45) is 6.47. The second-order valence-corrected chi connectivity index (χ2v) is 12.2. The van der Waals surface area contributed by atoms with Gasteiger partial charge in [0.2, 0.25) is 5.91 Å². The number of aromatic nitrogens is 2. The molecule has 0 bridgehead atoms. The van der Waals surface area contributed by atoms with E-state index in [4.69, 9.17) is 4.98 Å². The molecule has 2 aromatic carbocycles. The molecule has 1 saturated heterocycles. The molecule has 1 saturated carbocycles. The molecule has 6 nitrogen and oxygen atoms in total. The molecule has 174 valence electrons. The molecule has 3 aromatic rings. The third-order valence-corrected chi connectivity index (χ3v) is 9.39. The summed E-state index contributed by atoms with van der Waals surface area (Å²) >= 11 is 1.47. The minimum Gasteiger partial charge on any atom is -0.316 e. The van der Waals surface area contributed by atoms with E-state index in [1.807, 2.05) is 48.5 Å². The number of amides is 1. The van der Waals surface area contributed by atoms with Crippen LogP contribution in [0.4, 0.5) is 5.69 Å². The first kappa shape index (κ1) is 22.5. The Kier molecular flexibility index (Phi) is 6.47. The summed E-state index contributed by atoms with van der Waals surface area (Å²) in [6, 6.07) is 17.7. The predicted molar refractivity (Wildman–Crippen MR) is 134 cm³/mol. The van der Waals surface area contributed by atoms with Gasteiger partial charge < -0.3 is 9.47 Å². The largest absolute Gasteiger partial charge is 0.316 e. The monoisotopic (exact) mass is 483 g/mol. The molecule has 1 atom stereocenters. The number of nitrogens with zero attached hydrogens (tertiary/aromatic N) is 3. The summed E-state index contributed by atoms with van der Waals surface area (Å²) < 4.78 is 26.6. The number of carbonyl (C=O) groups excluding carboxylic acids is 1. The molecule has 2 aliphatic rings. The third-order valence-electron chi connectivity index (χ3n) is 6.70. The van der Waals surface area contributed by atoms with Crippen molar-refractivity contribution in [3.63, 3.8) is 0 Å². The van der Waals surface area contributed by atoms with Gasteiger partial charge >= 0.3 is 0 Å². The summed E-state index contributed by atoms with van der Waals surface area (Å²) in [5.74, 6) is 0.315. The van der Waals surface area contributed by atoms with E-state index < -0.39 is 9.84 Å². The highest BCUT2D eigenvalue weighted by molar-refractivity contribution is 7.99. The average molecular weight is 484 g/mol. The molecule has 1 aromatic heterocycles. The Labute approximate surface area is 199 Å². The number of thioether (sulfide) groups is 1. The van der Waals surface area contributed by atoms with Crippen LogP contribution in [0.1, 0.15) is 44.6 Å². The maximum Gasteiger partial charge on any atom is 0.237 e. The van der Waals surface area contributed by atoms with Gasteiger partial charge in [0.1, 0.15) is 0 Å². The second-order valence-electron chi connectivity index (χ2n) is 8.99. The molecule has 1 aliphatic heterocycles. The Morgan fingerprint density at radius 2 is 1.73 bits per heavy atom. The Hall–Kier alpha value is -2.32. The zero-order valence-electron chi connectivity index (χ0n) is 18.6. The van der Waals surface area contributed by atoms with Crippen LogP contribution in [-0.4, -0.2) is 47.2 Å². The van der Waals surface area contributed by atoms with Crippen LogP contribution in [0.25, 0.3) is 11.0 Å². The van der Waals surface area contributed by atoms with Gasteiger partial charge in [-0.25, -0.2) is 13.4 Å². The number of carbonyl (C=O) groups is 1. The van der Waals surface area contributed by atoms with E-state index in [1.54, 1.807) is 4.90 Å². The molecule has 2 fully saturated rings. The van der Waals surface area contributed by atoms with Gasteiger partial charge in [0.05, 0.1) is 34.3 Å². The SMILES string of the molecule is O=C(CSc1nc2ccccc2n1C1CCCCC1)N(c1ccccc1)[C@@H]1CCS(=O)(=O)C1. The van der Waals surface area contributed by atoms with Crippen molar-refractivity contribution in [2.75, 3.05) is 22.2 Å². The Bertz CT molecular complexity index is 1230.